The summed E-state index contributed by atoms with van der Waals surface area (Å²) in [4.78, 5) is 16.9. The normalized spacial score (nSPS) is 13.0. The lowest BCUT2D eigenvalue weighted by atomic mass is 10.1. The number of amides is 1. The molecule has 0 radical (unpaired) electrons. The number of benzene rings is 2. The van der Waals surface area contributed by atoms with Crippen LogP contribution in [0.5, 0.6) is 5.75 Å². The fourth-order valence-electron chi connectivity index (χ4n) is 2.69. The van der Waals surface area contributed by atoms with Crippen LogP contribution in [0.4, 0.5) is 5.69 Å². The van der Waals surface area contributed by atoms with Gasteiger partial charge in [-0.25, -0.2) is 0 Å². The van der Waals surface area contributed by atoms with Gasteiger partial charge < -0.3 is 10.1 Å². The average Bonchev–Trinajstić information content (AvgIpc) is 2.61. The Labute approximate surface area is 143 Å². The molecule has 1 aromatic heterocycles. The summed E-state index contributed by atoms with van der Waals surface area (Å²) in [7, 11) is 0. The molecule has 0 saturated carbocycles. The third-order valence-electron chi connectivity index (χ3n) is 3.86. The van der Waals surface area contributed by atoms with Gasteiger partial charge in [0.15, 0.2) is 0 Å². The number of fused-ring (bicyclic) bond motifs is 2. The zero-order valence-electron chi connectivity index (χ0n) is 12.6. The number of nitrogens with one attached hydrogen (secondary N) is 1. The van der Waals surface area contributed by atoms with Crippen molar-refractivity contribution >= 4 is 40.2 Å². The first kappa shape index (κ1) is 14.7. The van der Waals surface area contributed by atoms with Gasteiger partial charge >= 0.3 is 0 Å². The highest BCUT2D eigenvalue weighted by Gasteiger charge is 2.18. The van der Waals surface area contributed by atoms with Gasteiger partial charge in [-0.3, -0.25) is 9.78 Å². The zero-order chi connectivity index (χ0) is 16.5. The third kappa shape index (κ3) is 2.72. The number of para-hydroxylation sites is 1. The van der Waals surface area contributed by atoms with E-state index in [1.807, 2.05) is 30.3 Å². The molecule has 3 aromatic rings. The number of ether oxygens (including phenoxy) is 1. The SMILES string of the molecule is O=C(Nc1cccc2cccnc12)C1=Cc2cc(Cl)ccc2OC1. The lowest BCUT2D eigenvalue weighted by Gasteiger charge is -2.18. The van der Waals surface area contributed by atoms with Gasteiger partial charge in [0.05, 0.1) is 16.8 Å². The number of halogens is 1. The van der Waals surface area contributed by atoms with Crippen molar-refractivity contribution < 1.29 is 9.53 Å². The number of hydrogen-bond acceptors (Lipinski definition) is 3. The smallest absolute Gasteiger partial charge is 0.255 e. The Morgan fingerprint density at radius 1 is 1.17 bits per heavy atom. The molecule has 4 nitrogen and oxygen atoms in total. The molecule has 5 heteroatoms. The molecule has 0 fully saturated rings. The number of hydrogen-bond donors (Lipinski definition) is 1. The van der Waals surface area contributed by atoms with E-state index in [-0.39, 0.29) is 12.5 Å². The van der Waals surface area contributed by atoms with Crippen molar-refractivity contribution in [3.05, 3.63) is 70.9 Å². The molecule has 4 rings (SSSR count). The van der Waals surface area contributed by atoms with Gasteiger partial charge in [0.1, 0.15) is 12.4 Å². The predicted molar refractivity (Wildman–Crippen MR) is 95.3 cm³/mol. The van der Waals surface area contributed by atoms with Crippen molar-refractivity contribution in [3.8, 4) is 5.75 Å². The largest absolute Gasteiger partial charge is 0.488 e. The monoisotopic (exact) mass is 336 g/mol. The van der Waals surface area contributed by atoms with Crippen LogP contribution in [0.2, 0.25) is 5.02 Å². The minimum absolute atomic E-state index is 0.209. The summed E-state index contributed by atoms with van der Waals surface area (Å²) >= 11 is 6.01. The fourth-order valence-corrected chi connectivity index (χ4v) is 2.87. The Hall–Kier alpha value is -2.85. The molecule has 118 valence electrons. The van der Waals surface area contributed by atoms with Crippen LogP contribution in [0.3, 0.4) is 0 Å². The van der Waals surface area contributed by atoms with Crippen LogP contribution in [-0.4, -0.2) is 17.5 Å². The van der Waals surface area contributed by atoms with E-state index in [0.717, 1.165) is 22.2 Å². The number of carbonyl (C=O) groups is 1. The summed E-state index contributed by atoms with van der Waals surface area (Å²) in [5.41, 5.74) is 2.78. The highest BCUT2D eigenvalue weighted by molar-refractivity contribution is 6.30. The van der Waals surface area contributed by atoms with Crippen LogP contribution in [-0.2, 0) is 4.79 Å². The van der Waals surface area contributed by atoms with E-state index in [9.17, 15) is 4.79 Å². The molecule has 1 N–H and O–H groups in total. The van der Waals surface area contributed by atoms with Crippen molar-refractivity contribution in [3.63, 3.8) is 0 Å². The van der Waals surface area contributed by atoms with Gasteiger partial charge in [0.2, 0.25) is 0 Å². The Kier molecular flexibility index (Phi) is 3.67. The molecular formula is C19H13ClN2O2. The lowest BCUT2D eigenvalue weighted by molar-refractivity contribution is -0.113. The summed E-state index contributed by atoms with van der Waals surface area (Å²) in [6.07, 6.45) is 3.51. The number of aromatic nitrogens is 1. The maximum Gasteiger partial charge on any atom is 0.255 e. The van der Waals surface area contributed by atoms with Crippen LogP contribution >= 0.6 is 11.6 Å². The number of rotatable bonds is 2. The first-order valence-corrected chi connectivity index (χ1v) is 7.86. The molecule has 0 spiro atoms. The number of nitrogens with zero attached hydrogens (tertiary/aromatic N) is 1. The molecule has 2 heterocycles. The average molecular weight is 337 g/mol. The fraction of sp³-hybridized carbons (Fsp3) is 0.0526. The van der Waals surface area contributed by atoms with Crippen molar-refractivity contribution in [2.24, 2.45) is 0 Å². The van der Waals surface area contributed by atoms with E-state index in [4.69, 9.17) is 16.3 Å². The van der Waals surface area contributed by atoms with Gasteiger partial charge in [-0.05, 0) is 36.4 Å². The molecule has 1 aliphatic rings. The molecule has 1 amide bonds. The van der Waals surface area contributed by atoms with Gasteiger partial charge in [0, 0.05) is 22.2 Å². The summed E-state index contributed by atoms with van der Waals surface area (Å²) in [6, 6.07) is 14.9. The van der Waals surface area contributed by atoms with Crippen LogP contribution in [0.25, 0.3) is 17.0 Å². The molecule has 0 saturated heterocycles. The van der Waals surface area contributed by atoms with Crippen molar-refractivity contribution in [1.29, 1.82) is 0 Å². The molecule has 24 heavy (non-hydrogen) atoms. The standard InChI is InChI=1S/C19H13ClN2O2/c20-15-6-7-17-13(10-15)9-14(11-24-17)19(23)22-16-5-1-3-12-4-2-8-21-18(12)16/h1-10H,11H2,(H,22,23). The second kappa shape index (κ2) is 5.98. The summed E-state index contributed by atoms with van der Waals surface area (Å²) in [5.74, 6) is 0.515. The summed E-state index contributed by atoms with van der Waals surface area (Å²) in [6.45, 7) is 0.221. The van der Waals surface area contributed by atoms with Crippen LogP contribution in [0, 0.1) is 0 Å². The minimum Gasteiger partial charge on any atom is -0.488 e. The predicted octanol–water partition coefficient (Wildman–Crippen LogP) is 4.30. The highest BCUT2D eigenvalue weighted by Crippen LogP contribution is 2.29. The van der Waals surface area contributed by atoms with E-state index < -0.39 is 0 Å². The molecule has 2 aromatic carbocycles. The quantitative estimate of drug-likeness (QED) is 0.759. The number of anilines is 1. The molecule has 0 unspecified atom stereocenters. The maximum absolute atomic E-state index is 12.6. The van der Waals surface area contributed by atoms with Gasteiger partial charge in [0.25, 0.3) is 5.91 Å². The maximum atomic E-state index is 12.6. The minimum atomic E-state index is -0.209. The van der Waals surface area contributed by atoms with E-state index in [1.165, 1.54) is 0 Å². The number of carbonyl (C=O) groups excluding carboxylic acids is 1. The molecule has 0 aliphatic carbocycles. The van der Waals surface area contributed by atoms with Crippen molar-refractivity contribution in [1.82, 2.24) is 4.98 Å². The molecular weight excluding hydrogens is 324 g/mol. The van der Waals surface area contributed by atoms with Gasteiger partial charge in [-0.1, -0.05) is 29.8 Å². The Morgan fingerprint density at radius 2 is 2.04 bits per heavy atom. The van der Waals surface area contributed by atoms with E-state index >= 15 is 0 Å². The lowest BCUT2D eigenvalue weighted by Crippen LogP contribution is -2.21. The van der Waals surface area contributed by atoms with Crippen LogP contribution in [0.15, 0.2) is 60.3 Å². The molecule has 1 aliphatic heterocycles. The highest BCUT2D eigenvalue weighted by atomic mass is 35.5. The first-order valence-electron chi connectivity index (χ1n) is 7.49. The van der Waals surface area contributed by atoms with Crippen molar-refractivity contribution in [2.75, 3.05) is 11.9 Å². The van der Waals surface area contributed by atoms with Gasteiger partial charge in [-0.2, -0.15) is 0 Å². The molecule has 0 bridgehead atoms. The van der Waals surface area contributed by atoms with Crippen molar-refractivity contribution in [2.45, 2.75) is 0 Å². The second-order valence-corrected chi connectivity index (χ2v) is 5.91. The Balaban J connectivity index is 1.65. The Morgan fingerprint density at radius 3 is 2.96 bits per heavy atom. The van der Waals surface area contributed by atoms with E-state index in [0.29, 0.717) is 16.3 Å². The first-order chi connectivity index (χ1) is 11.7. The van der Waals surface area contributed by atoms with E-state index in [1.54, 1.807) is 30.5 Å². The van der Waals surface area contributed by atoms with Crippen LogP contribution in [0.1, 0.15) is 5.56 Å². The third-order valence-corrected chi connectivity index (χ3v) is 4.09. The number of pyridine rings is 1. The summed E-state index contributed by atoms with van der Waals surface area (Å²) in [5, 5.41) is 4.50. The van der Waals surface area contributed by atoms with Gasteiger partial charge in [-0.15, -0.1) is 0 Å². The topological polar surface area (TPSA) is 51.2 Å². The summed E-state index contributed by atoms with van der Waals surface area (Å²) < 4.78 is 5.63. The molecule has 0 atom stereocenters. The second-order valence-electron chi connectivity index (χ2n) is 5.48. The van der Waals surface area contributed by atoms with Crippen LogP contribution < -0.4 is 10.1 Å². The van der Waals surface area contributed by atoms with E-state index in [2.05, 4.69) is 10.3 Å². The zero-order valence-corrected chi connectivity index (χ0v) is 13.4. The Bertz CT molecular complexity index is 977.